The van der Waals surface area contributed by atoms with Crippen LogP contribution in [-0.4, -0.2) is 19.3 Å². The van der Waals surface area contributed by atoms with Gasteiger partial charge in [0.1, 0.15) is 0 Å². The van der Waals surface area contributed by atoms with Crippen LogP contribution in [-0.2, 0) is 0 Å². The fourth-order valence-corrected chi connectivity index (χ4v) is 1.68. The molecular weight excluding hydrogens is 202 g/mol. The fraction of sp³-hybridized carbons (Fsp3) is 0.538. The van der Waals surface area contributed by atoms with E-state index in [2.05, 4.69) is 69.6 Å². The number of thiol groups is 1. The van der Waals surface area contributed by atoms with Crippen molar-refractivity contribution in [3.05, 3.63) is 29.8 Å². The molecule has 0 aliphatic rings. The van der Waals surface area contributed by atoms with E-state index in [1.54, 1.807) is 0 Å². The summed E-state index contributed by atoms with van der Waals surface area (Å²) in [6.45, 7) is 7.62. The molecule has 0 aliphatic heterocycles. The van der Waals surface area contributed by atoms with Crippen LogP contribution >= 0.6 is 12.6 Å². The van der Waals surface area contributed by atoms with Gasteiger partial charge in [0.2, 0.25) is 0 Å². The Labute approximate surface area is 98.9 Å². The van der Waals surface area contributed by atoms with Crippen LogP contribution in [0.5, 0.6) is 0 Å². The molecule has 0 bridgehead atoms. The highest BCUT2D eigenvalue weighted by Gasteiger charge is 2.18. The first-order valence-corrected chi connectivity index (χ1v) is 5.96. The average molecular weight is 223 g/mol. The number of anilines is 1. The van der Waals surface area contributed by atoms with Gasteiger partial charge in [-0.15, -0.1) is 0 Å². The lowest BCUT2D eigenvalue weighted by Gasteiger charge is -2.30. The molecule has 1 nitrogen and oxygen atoms in total. The molecule has 0 saturated heterocycles. The van der Waals surface area contributed by atoms with E-state index in [1.165, 1.54) is 11.3 Å². The molecule has 0 amide bonds. The van der Waals surface area contributed by atoms with Crippen LogP contribution in [0.25, 0.3) is 0 Å². The lowest BCUT2D eigenvalue weighted by molar-refractivity contribution is 0.430. The Bertz CT molecular complexity index is 303. The number of hydrogen-bond acceptors (Lipinski definition) is 2. The van der Waals surface area contributed by atoms with Crippen molar-refractivity contribution < 1.29 is 0 Å². The molecule has 0 atom stereocenters. The lowest BCUT2D eigenvalue weighted by Crippen LogP contribution is -2.32. The molecule has 2 heteroatoms. The lowest BCUT2D eigenvalue weighted by atomic mass is 9.95. The molecule has 15 heavy (non-hydrogen) atoms. The van der Waals surface area contributed by atoms with Crippen LogP contribution in [0.2, 0.25) is 0 Å². The molecule has 84 valence electrons. The third kappa shape index (κ3) is 3.78. The zero-order valence-electron chi connectivity index (χ0n) is 10.1. The largest absolute Gasteiger partial charge is 0.374 e. The van der Waals surface area contributed by atoms with Gasteiger partial charge < -0.3 is 4.90 Å². The molecule has 0 radical (unpaired) electrons. The Balaban J connectivity index is 2.69. The van der Waals surface area contributed by atoms with Gasteiger partial charge in [-0.3, -0.25) is 0 Å². The monoisotopic (exact) mass is 223 g/mol. The summed E-state index contributed by atoms with van der Waals surface area (Å²) in [6, 6.07) is 8.65. The highest BCUT2D eigenvalue weighted by Crippen LogP contribution is 2.22. The molecule has 0 N–H and O–H groups in total. The van der Waals surface area contributed by atoms with Crippen molar-refractivity contribution in [2.75, 3.05) is 24.2 Å². The molecule has 0 fully saturated rings. The van der Waals surface area contributed by atoms with Crippen molar-refractivity contribution in [2.45, 2.75) is 20.8 Å². The SMILES string of the molecule is Cc1ccc(N(C)CC(C)(C)CS)cc1. The van der Waals surface area contributed by atoms with Gasteiger partial charge in [-0.25, -0.2) is 0 Å². The average Bonchev–Trinajstić information content (AvgIpc) is 2.18. The number of aryl methyl sites for hydroxylation is 1. The van der Waals surface area contributed by atoms with Crippen molar-refractivity contribution >= 4 is 18.3 Å². The van der Waals surface area contributed by atoms with Crippen molar-refractivity contribution in [3.63, 3.8) is 0 Å². The van der Waals surface area contributed by atoms with Gasteiger partial charge in [0, 0.05) is 19.3 Å². The van der Waals surface area contributed by atoms with E-state index in [-0.39, 0.29) is 5.41 Å². The predicted octanol–water partition coefficient (Wildman–Crippen LogP) is 3.39. The van der Waals surface area contributed by atoms with E-state index >= 15 is 0 Å². The normalized spacial score (nSPS) is 11.5. The maximum absolute atomic E-state index is 4.38. The maximum Gasteiger partial charge on any atom is 0.0363 e. The summed E-state index contributed by atoms with van der Waals surface area (Å²) in [7, 11) is 2.13. The Hall–Kier alpha value is -0.630. The summed E-state index contributed by atoms with van der Waals surface area (Å²) in [6.07, 6.45) is 0. The van der Waals surface area contributed by atoms with Gasteiger partial charge in [0.05, 0.1) is 0 Å². The minimum Gasteiger partial charge on any atom is -0.374 e. The Morgan fingerprint density at radius 3 is 2.20 bits per heavy atom. The van der Waals surface area contributed by atoms with E-state index in [0.29, 0.717) is 0 Å². The van der Waals surface area contributed by atoms with Gasteiger partial charge in [0.15, 0.2) is 0 Å². The smallest absolute Gasteiger partial charge is 0.0363 e. The maximum atomic E-state index is 4.38. The van der Waals surface area contributed by atoms with E-state index in [4.69, 9.17) is 0 Å². The predicted molar refractivity (Wildman–Crippen MR) is 72.1 cm³/mol. The molecular formula is C13H21NS. The number of rotatable bonds is 4. The molecule has 0 heterocycles. The van der Waals surface area contributed by atoms with E-state index in [9.17, 15) is 0 Å². The quantitative estimate of drug-likeness (QED) is 0.766. The van der Waals surface area contributed by atoms with Gasteiger partial charge >= 0.3 is 0 Å². The number of benzene rings is 1. The first-order valence-electron chi connectivity index (χ1n) is 5.33. The topological polar surface area (TPSA) is 3.24 Å². The van der Waals surface area contributed by atoms with Crippen LogP contribution in [0.3, 0.4) is 0 Å². The van der Waals surface area contributed by atoms with E-state index < -0.39 is 0 Å². The Morgan fingerprint density at radius 2 is 1.73 bits per heavy atom. The van der Waals surface area contributed by atoms with Gasteiger partial charge in [-0.05, 0) is 30.2 Å². The van der Waals surface area contributed by atoms with Crippen LogP contribution in [0, 0.1) is 12.3 Å². The van der Waals surface area contributed by atoms with Gasteiger partial charge in [-0.2, -0.15) is 12.6 Å². The van der Waals surface area contributed by atoms with Crippen molar-refractivity contribution in [2.24, 2.45) is 5.41 Å². The molecule has 1 aromatic carbocycles. The molecule has 0 spiro atoms. The summed E-state index contributed by atoms with van der Waals surface area (Å²) in [4.78, 5) is 2.29. The number of hydrogen-bond donors (Lipinski definition) is 1. The molecule has 0 saturated carbocycles. The number of nitrogens with zero attached hydrogens (tertiary/aromatic N) is 1. The second kappa shape index (κ2) is 4.93. The second-order valence-corrected chi connectivity index (χ2v) is 5.33. The Kier molecular flexibility index (Phi) is 4.09. The van der Waals surface area contributed by atoms with Crippen molar-refractivity contribution in [1.29, 1.82) is 0 Å². The van der Waals surface area contributed by atoms with Crippen LogP contribution in [0.4, 0.5) is 5.69 Å². The zero-order chi connectivity index (χ0) is 11.5. The standard InChI is InChI=1S/C13H21NS/c1-11-5-7-12(8-6-11)14(4)9-13(2,3)10-15/h5-8,15H,9-10H2,1-4H3. The van der Waals surface area contributed by atoms with Crippen molar-refractivity contribution in [3.8, 4) is 0 Å². The summed E-state index contributed by atoms with van der Waals surface area (Å²) in [5.41, 5.74) is 2.83. The van der Waals surface area contributed by atoms with Crippen LogP contribution < -0.4 is 4.90 Å². The van der Waals surface area contributed by atoms with Crippen molar-refractivity contribution in [1.82, 2.24) is 0 Å². The molecule has 0 aromatic heterocycles. The summed E-state index contributed by atoms with van der Waals surface area (Å²) in [5.74, 6) is 0.906. The second-order valence-electron chi connectivity index (χ2n) is 5.01. The third-order valence-electron chi connectivity index (χ3n) is 2.57. The highest BCUT2D eigenvalue weighted by atomic mass is 32.1. The minimum absolute atomic E-state index is 0.253. The molecule has 1 aromatic rings. The first kappa shape index (κ1) is 12.4. The minimum atomic E-state index is 0.253. The fourth-order valence-electron chi connectivity index (χ4n) is 1.58. The molecule has 0 aliphatic carbocycles. The van der Waals surface area contributed by atoms with Gasteiger partial charge in [-0.1, -0.05) is 31.5 Å². The summed E-state index contributed by atoms with van der Waals surface area (Å²) in [5, 5.41) is 0. The van der Waals surface area contributed by atoms with Crippen LogP contribution in [0.1, 0.15) is 19.4 Å². The highest BCUT2D eigenvalue weighted by molar-refractivity contribution is 7.80. The summed E-state index contributed by atoms with van der Waals surface area (Å²) < 4.78 is 0. The Morgan fingerprint density at radius 1 is 1.20 bits per heavy atom. The van der Waals surface area contributed by atoms with Crippen LogP contribution in [0.15, 0.2) is 24.3 Å². The van der Waals surface area contributed by atoms with E-state index in [0.717, 1.165) is 12.3 Å². The van der Waals surface area contributed by atoms with E-state index in [1.807, 2.05) is 0 Å². The molecule has 1 rings (SSSR count). The first-order chi connectivity index (χ1) is 6.94. The molecule has 0 unspecified atom stereocenters. The third-order valence-corrected chi connectivity index (χ3v) is 3.42. The van der Waals surface area contributed by atoms with Gasteiger partial charge in [0.25, 0.3) is 0 Å². The summed E-state index contributed by atoms with van der Waals surface area (Å²) >= 11 is 4.38. The zero-order valence-corrected chi connectivity index (χ0v) is 11.0.